The third kappa shape index (κ3) is 3.02. The van der Waals surface area contributed by atoms with Gasteiger partial charge in [-0.3, -0.25) is 4.79 Å². The summed E-state index contributed by atoms with van der Waals surface area (Å²) in [5.74, 6) is 0.161. The van der Waals surface area contributed by atoms with Crippen LogP contribution < -0.4 is 0 Å². The van der Waals surface area contributed by atoms with E-state index in [1.165, 1.54) is 6.42 Å². The van der Waals surface area contributed by atoms with Gasteiger partial charge < -0.3 is 4.90 Å². The zero-order valence-corrected chi connectivity index (χ0v) is 13.6. The smallest absolute Gasteiger partial charge is 0.255 e. The molecule has 3 heteroatoms. The average Bonchev–Trinajstić information content (AvgIpc) is 2.42. The summed E-state index contributed by atoms with van der Waals surface area (Å²) >= 11 is 3.54. The molecule has 0 atom stereocenters. The van der Waals surface area contributed by atoms with Gasteiger partial charge in [-0.05, 0) is 52.7 Å². The Morgan fingerprint density at radius 3 is 2.58 bits per heavy atom. The van der Waals surface area contributed by atoms with Gasteiger partial charge in [0.2, 0.25) is 0 Å². The molecular formula is C16H22BrNO. The van der Waals surface area contributed by atoms with Crippen molar-refractivity contribution >= 4 is 21.8 Å². The highest BCUT2D eigenvalue weighted by atomic mass is 79.9. The SMILES string of the molecule is CCC1(C)CCN(C(=O)c2cccc(C)c2Br)CC1. The van der Waals surface area contributed by atoms with Crippen molar-refractivity contribution in [1.29, 1.82) is 0 Å². The van der Waals surface area contributed by atoms with E-state index in [4.69, 9.17) is 0 Å². The molecule has 1 aromatic carbocycles. The Kier molecular flexibility index (Phi) is 4.34. The van der Waals surface area contributed by atoms with Gasteiger partial charge in [0.05, 0.1) is 5.56 Å². The topological polar surface area (TPSA) is 20.3 Å². The maximum Gasteiger partial charge on any atom is 0.255 e. The molecule has 0 aromatic heterocycles. The number of piperidine rings is 1. The van der Waals surface area contributed by atoms with Crippen LogP contribution in [0.15, 0.2) is 22.7 Å². The van der Waals surface area contributed by atoms with Crippen molar-refractivity contribution in [3.05, 3.63) is 33.8 Å². The van der Waals surface area contributed by atoms with Crippen molar-refractivity contribution in [2.45, 2.75) is 40.0 Å². The predicted molar refractivity (Wildman–Crippen MR) is 82.4 cm³/mol. The molecule has 1 aromatic rings. The van der Waals surface area contributed by atoms with Crippen molar-refractivity contribution < 1.29 is 4.79 Å². The van der Waals surface area contributed by atoms with Gasteiger partial charge in [-0.15, -0.1) is 0 Å². The molecule has 1 aliphatic rings. The van der Waals surface area contributed by atoms with E-state index in [0.29, 0.717) is 5.41 Å². The zero-order chi connectivity index (χ0) is 14.0. The third-order valence-electron chi connectivity index (χ3n) is 4.53. The van der Waals surface area contributed by atoms with Crippen LogP contribution in [-0.4, -0.2) is 23.9 Å². The summed E-state index contributed by atoms with van der Waals surface area (Å²) in [6.07, 6.45) is 3.42. The van der Waals surface area contributed by atoms with Crippen LogP contribution in [0.4, 0.5) is 0 Å². The molecule has 19 heavy (non-hydrogen) atoms. The van der Waals surface area contributed by atoms with Crippen molar-refractivity contribution in [3.8, 4) is 0 Å². The van der Waals surface area contributed by atoms with E-state index in [9.17, 15) is 4.79 Å². The lowest BCUT2D eigenvalue weighted by Gasteiger charge is -2.39. The fraction of sp³-hybridized carbons (Fsp3) is 0.562. The molecule has 1 aliphatic heterocycles. The summed E-state index contributed by atoms with van der Waals surface area (Å²) < 4.78 is 0.934. The number of hydrogen-bond acceptors (Lipinski definition) is 1. The van der Waals surface area contributed by atoms with Gasteiger partial charge in [0, 0.05) is 17.6 Å². The van der Waals surface area contributed by atoms with Crippen LogP contribution in [0, 0.1) is 12.3 Å². The van der Waals surface area contributed by atoms with E-state index < -0.39 is 0 Å². The number of carbonyl (C=O) groups is 1. The molecule has 2 rings (SSSR count). The second-order valence-electron chi connectivity index (χ2n) is 5.89. The van der Waals surface area contributed by atoms with E-state index in [0.717, 1.165) is 41.5 Å². The summed E-state index contributed by atoms with van der Waals surface area (Å²) in [7, 11) is 0. The van der Waals surface area contributed by atoms with E-state index in [1.54, 1.807) is 0 Å². The molecule has 0 aliphatic carbocycles. The minimum Gasteiger partial charge on any atom is -0.339 e. The number of aryl methyl sites for hydroxylation is 1. The average molecular weight is 324 g/mol. The zero-order valence-electron chi connectivity index (χ0n) is 12.0. The molecule has 1 saturated heterocycles. The molecule has 0 bridgehead atoms. The normalized spacial score (nSPS) is 18.4. The van der Waals surface area contributed by atoms with Crippen LogP contribution >= 0.6 is 15.9 Å². The van der Waals surface area contributed by atoms with Gasteiger partial charge >= 0.3 is 0 Å². The number of nitrogens with zero attached hydrogens (tertiary/aromatic N) is 1. The summed E-state index contributed by atoms with van der Waals surface area (Å²) in [6, 6.07) is 5.88. The molecule has 0 saturated carbocycles. The van der Waals surface area contributed by atoms with Crippen LogP contribution in [0.3, 0.4) is 0 Å². The van der Waals surface area contributed by atoms with E-state index in [1.807, 2.05) is 30.0 Å². The Labute approximate surface area is 124 Å². The number of carbonyl (C=O) groups excluding carboxylic acids is 1. The first kappa shape index (κ1) is 14.6. The molecule has 104 valence electrons. The highest BCUT2D eigenvalue weighted by Crippen LogP contribution is 2.34. The monoisotopic (exact) mass is 323 g/mol. The van der Waals surface area contributed by atoms with Crippen molar-refractivity contribution in [3.63, 3.8) is 0 Å². The minimum atomic E-state index is 0.161. The molecule has 0 spiro atoms. The molecular weight excluding hydrogens is 302 g/mol. The number of rotatable bonds is 2. The highest BCUT2D eigenvalue weighted by Gasteiger charge is 2.31. The van der Waals surface area contributed by atoms with Gasteiger partial charge in [-0.2, -0.15) is 0 Å². The number of hydrogen-bond donors (Lipinski definition) is 0. The largest absolute Gasteiger partial charge is 0.339 e. The van der Waals surface area contributed by atoms with Crippen molar-refractivity contribution in [1.82, 2.24) is 4.90 Å². The molecule has 1 heterocycles. The fourth-order valence-electron chi connectivity index (χ4n) is 2.59. The fourth-order valence-corrected chi connectivity index (χ4v) is 3.02. The van der Waals surface area contributed by atoms with Gasteiger partial charge in [0.25, 0.3) is 5.91 Å². The molecule has 0 N–H and O–H groups in total. The summed E-state index contributed by atoms with van der Waals surface area (Å²) in [5, 5.41) is 0. The lowest BCUT2D eigenvalue weighted by Crippen LogP contribution is -2.42. The van der Waals surface area contributed by atoms with Crippen molar-refractivity contribution in [2.24, 2.45) is 5.41 Å². The quantitative estimate of drug-likeness (QED) is 0.789. The Morgan fingerprint density at radius 1 is 1.37 bits per heavy atom. The standard InChI is InChI=1S/C16H22BrNO/c1-4-16(3)8-10-18(11-9-16)15(19)13-7-5-6-12(2)14(13)17/h5-7H,4,8-11H2,1-3H3. The number of benzene rings is 1. The van der Waals surface area contributed by atoms with Gasteiger partial charge in [0.15, 0.2) is 0 Å². The van der Waals surface area contributed by atoms with Crippen LogP contribution in [-0.2, 0) is 0 Å². The van der Waals surface area contributed by atoms with E-state index in [-0.39, 0.29) is 5.91 Å². The van der Waals surface area contributed by atoms with Crippen LogP contribution in [0.2, 0.25) is 0 Å². The molecule has 0 radical (unpaired) electrons. The van der Waals surface area contributed by atoms with E-state index in [2.05, 4.69) is 29.8 Å². The van der Waals surface area contributed by atoms with Crippen LogP contribution in [0.25, 0.3) is 0 Å². The van der Waals surface area contributed by atoms with Gasteiger partial charge in [-0.25, -0.2) is 0 Å². The van der Waals surface area contributed by atoms with Crippen molar-refractivity contribution in [2.75, 3.05) is 13.1 Å². The molecule has 2 nitrogen and oxygen atoms in total. The molecule has 1 fully saturated rings. The first-order valence-electron chi connectivity index (χ1n) is 7.01. The Morgan fingerprint density at radius 2 is 2.00 bits per heavy atom. The maximum absolute atomic E-state index is 12.6. The first-order valence-corrected chi connectivity index (χ1v) is 7.80. The summed E-state index contributed by atoms with van der Waals surface area (Å²) in [5.41, 5.74) is 2.32. The Hall–Kier alpha value is -0.830. The van der Waals surface area contributed by atoms with Gasteiger partial charge in [-0.1, -0.05) is 32.4 Å². The Balaban J connectivity index is 2.12. The summed E-state index contributed by atoms with van der Waals surface area (Å²) in [6.45, 7) is 8.35. The lowest BCUT2D eigenvalue weighted by molar-refractivity contribution is 0.0599. The maximum atomic E-state index is 12.6. The highest BCUT2D eigenvalue weighted by molar-refractivity contribution is 9.10. The molecule has 0 unspecified atom stereocenters. The lowest BCUT2D eigenvalue weighted by atomic mass is 9.78. The first-order chi connectivity index (χ1) is 8.97. The minimum absolute atomic E-state index is 0.161. The second kappa shape index (κ2) is 5.66. The number of halogens is 1. The Bertz CT molecular complexity index is 476. The summed E-state index contributed by atoms with van der Waals surface area (Å²) in [4.78, 5) is 14.6. The number of amides is 1. The van der Waals surface area contributed by atoms with E-state index >= 15 is 0 Å². The van der Waals surface area contributed by atoms with Crippen LogP contribution in [0.5, 0.6) is 0 Å². The number of likely N-dealkylation sites (tertiary alicyclic amines) is 1. The second-order valence-corrected chi connectivity index (χ2v) is 6.69. The third-order valence-corrected chi connectivity index (χ3v) is 5.59. The predicted octanol–water partition coefficient (Wildman–Crippen LogP) is 4.41. The van der Waals surface area contributed by atoms with Gasteiger partial charge in [0.1, 0.15) is 0 Å². The van der Waals surface area contributed by atoms with Crippen LogP contribution in [0.1, 0.15) is 49.0 Å². The molecule has 1 amide bonds.